The molecule has 0 bridgehead atoms. The Hall–Kier alpha value is -0.120. The third-order valence-corrected chi connectivity index (χ3v) is 3.51. The van der Waals surface area contributed by atoms with E-state index >= 15 is 0 Å². The van der Waals surface area contributed by atoms with Gasteiger partial charge in [0, 0.05) is 26.3 Å². The summed E-state index contributed by atoms with van der Waals surface area (Å²) in [4.78, 5) is 2.63. The third-order valence-electron chi connectivity index (χ3n) is 3.51. The lowest BCUT2D eigenvalue weighted by molar-refractivity contribution is 0.175. The zero-order valence-corrected chi connectivity index (χ0v) is 11.7. The van der Waals surface area contributed by atoms with Crippen LogP contribution in [0.3, 0.4) is 0 Å². The Bertz CT molecular complexity index is 176. The Morgan fingerprint density at radius 2 is 2.18 bits per heavy atom. The minimum absolute atomic E-state index is 0.739. The summed E-state index contributed by atoms with van der Waals surface area (Å²) in [5, 5.41) is 3.65. The third kappa shape index (κ3) is 7.02. The van der Waals surface area contributed by atoms with Gasteiger partial charge in [0.15, 0.2) is 0 Å². The Morgan fingerprint density at radius 1 is 1.29 bits per heavy atom. The van der Waals surface area contributed by atoms with Gasteiger partial charge in [0.25, 0.3) is 0 Å². The van der Waals surface area contributed by atoms with E-state index in [0.29, 0.717) is 0 Å². The highest BCUT2D eigenvalue weighted by Crippen LogP contribution is 2.11. The second kappa shape index (κ2) is 9.86. The van der Waals surface area contributed by atoms with Crippen LogP contribution in [0.25, 0.3) is 0 Å². The van der Waals surface area contributed by atoms with Crippen molar-refractivity contribution < 1.29 is 4.74 Å². The quantitative estimate of drug-likeness (QED) is 0.628. The summed E-state index contributed by atoms with van der Waals surface area (Å²) in [6, 6.07) is 0.739. The largest absolute Gasteiger partial charge is 0.385 e. The van der Waals surface area contributed by atoms with Crippen molar-refractivity contribution >= 4 is 0 Å². The standard InChI is InChI=1S/C14H30N2O/c1-3-9-15-14-8-7-11-16(13-14)10-5-4-6-12-17-2/h14-15H,3-13H2,1-2H3. The van der Waals surface area contributed by atoms with E-state index in [-0.39, 0.29) is 0 Å². The maximum Gasteiger partial charge on any atom is 0.0462 e. The normalized spacial score (nSPS) is 21.9. The molecule has 1 heterocycles. The highest BCUT2D eigenvalue weighted by atomic mass is 16.5. The number of methoxy groups -OCH3 is 1. The van der Waals surface area contributed by atoms with Crippen molar-refractivity contribution in [3.8, 4) is 0 Å². The molecular formula is C14H30N2O. The van der Waals surface area contributed by atoms with Gasteiger partial charge in [-0.05, 0) is 58.2 Å². The fourth-order valence-corrected chi connectivity index (χ4v) is 2.53. The van der Waals surface area contributed by atoms with Crippen LogP contribution in [-0.2, 0) is 4.74 Å². The second-order valence-corrected chi connectivity index (χ2v) is 5.15. The molecule has 3 nitrogen and oxygen atoms in total. The molecule has 0 amide bonds. The molecular weight excluding hydrogens is 212 g/mol. The molecule has 1 rings (SSSR count). The lowest BCUT2D eigenvalue weighted by atomic mass is 10.1. The van der Waals surface area contributed by atoms with Crippen molar-refractivity contribution in [3.05, 3.63) is 0 Å². The summed E-state index contributed by atoms with van der Waals surface area (Å²) in [6.07, 6.45) is 7.80. The van der Waals surface area contributed by atoms with Gasteiger partial charge in [-0.15, -0.1) is 0 Å². The van der Waals surface area contributed by atoms with Gasteiger partial charge in [-0.3, -0.25) is 0 Å². The summed E-state index contributed by atoms with van der Waals surface area (Å²) >= 11 is 0. The number of hydrogen-bond donors (Lipinski definition) is 1. The van der Waals surface area contributed by atoms with Crippen LogP contribution in [0.2, 0.25) is 0 Å². The van der Waals surface area contributed by atoms with Crippen LogP contribution in [-0.4, -0.2) is 50.8 Å². The molecule has 0 aromatic heterocycles. The number of nitrogens with zero attached hydrogens (tertiary/aromatic N) is 1. The van der Waals surface area contributed by atoms with Gasteiger partial charge >= 0.3 is 0 Å². The van der Waals surface area contributed by atoms with Crippen molar-refractivity contribution in [3.63, 3.8) is 0 Å². The Labute approximate surface area is 107 Å². The number of likely N-dealkylation sites (tertiary alicyclic amines) is 1. The van der Waals surface area contributed by atoms with Crippen LogP contribution < -0.4 is 5.32 Å². The Kier molecular flexibility index (Phi) is 8.67. The maximum absolute atomic E-state index is 5.07. The summed E-state index contributed by atoms with van der Waals surface area (Å²) < 4.78 is 5.07. The molecule has 17 heavy (non-hydrogen) atoms. The average molecular weight is 242 g/mol. The van der Waals surface area contributed by atoms with Gasteiger partial charge in [-0.1, -0.05) is 6.92 Å². The fraction of sp³-hybridized carbons (Fsp3) is 1.00. The van der Waals surface area contributed by atoms with E-state index in [4.69, 9.17) is 4.74 Å². The molecule has 1 atom stereocenters. The molecule has 1 fully saturated rings. The summed E-state index contributed by atoms with van der Waals surface area (Å²) in [7, 11) is 1.79. The van der Waals surface area contributed by atoms with Gasteiger partial charge in [0.1, 0.15) is 0 Å². The van der Waals surface area contributed by atoms with Crippen molar-refractivity contribution in [2.24, 2.45) is 0 Å². The summed E-state index contributed by atoms with van der Waals surface area (Å²) in [5.41, 5.74) is 0. The van der Waals surface area contributed by atoms with Gasteiger partial charge in [0.05, 0.1) is 0 Å². The van der Waals surface area contributed by atoms with Crippen LogP contribution >= 0.6 is 0 Å². The molecule has 1 aliphatic rings. The first-order valence-corrected chi connectivity index (χ1v) is 7.31. The van der Waals surface area contributed by atoms with E-state index in [1.54, 1.807) is 7.11 Å². The SMILES string of the molecule is CCCNC1CCCN(CCCCCOC)C1. The molecule has 3 heteroatoms. The number of piperidine rings is 1. The van der Waals surface area contributed by atoms with Crippen LogP contribution in [0, 0.1) is 0 Å². The summed E-state index contributed by atoms with van der Waals surface area (Å²) in [6.45, 7) is 8.16. The first kappa shape index (κ1) is 14.9. The molecule has 0 aliphatic carbocycles. The molecule has 102 valence electrons. The molecule has 0 aromatic rings. The smallest absolute Gasteiger partial charge is 0.0462 e. The van der Waals surface area contributed by atoms with E-state index in [0.717, 1.165) is 12.6 Å². The molecule has 0 spiro atoms. The minimum atomic E-state index is 0.739. The molecule has 0 saturated carbocycles. The minimum Gasteiger partial charge on any atom is -0.385 e. The maximum atomic E-state index is 5.07. The first-order chi connectivity index (χ1) is 8.36. The van der Waals surface area contributed by atoms with E-state index in [9.17, 15) is 0 Å². The first-order valence-electron chi connectivity index (χ1n) is 7.31. The fourth-order valence-electron chi connectivity index (χ4n) is 2.53. The second-order valence-electron chi connectivity index (χ2n) is 5.15. The monoisotopic (exact) mass is 242 g/mol. The van der Waals surface area contributed by atoms with E-state index in [1.165, 1.54) is 64.7 Å². The predicted octanol–water partition coefficient (Wildman–Crippen LogP) is 2.27. The van der Waals surface area contributed by atoms with Crippen molar-refractivity contribution in [2.45, 2.75) is 51.5 Å². The van der Waals surface area contributed by atoms with Gasteiger partial charge in [-0.25, -0.2) is 0 Å². The molecule has 1 N–H and O–H groups in total. The lowest BCUT2D eigenvalue weighted by Gasteiger charge is -2.33. The van der Waals surface area contributed by atoms with Crippen LogP contribution in [0.1, 0.15) is 45.4 Å². The van der Waals surface area contributed by atoms with Crippen LogP contribution in [0.4, 0.5) is 0 Å². The van der Waals surface area contributed by atoms with Gasteiger partial charge in [0.2, 0.25) is 0 Å². The Balaban J connectivity index is 2.03. The Morgan fingerprint density at radius 3 is 2.94 bits per heavy atom. The lowest BCUT2D eigenvalue weighted by Crippen LogP contribution is -2.46. The van der Waals surface area contributed by atoms with Gasteiger partial charge in [-0.2, -0.15) is 0 Å². The number of rotatable bonds is 9. The highest BCUT2D eigenvalue weighted by molar-refractivity contribution is 4.77. The molecule has 1 saturated heterocycles. The zero-order valence-electron chi connectivity index (χ0n) is 11.7. The zero-order chi connectivity index (χ0) is 12.3. The van der Waals surface area contributed by atoms with E-state index < -0.39 is 0 Å². The number of unbranched alkanes of at least 4 members (excludes halogenated alkanes) is 2. The molecule has 1 unspecified atom stereocenters. The predicted molar refractivity (Wildman–Crippen MR) is 73.5 cm³/mol. The topological polar surface area (TPSA) is 24.5 Å². The highest BCUT2D eigenvalue weighted by Gasteiger charge is 2.18. The van der Waals surface area contributed by atoms with E-state index in [1.807, 2.05) is 0 Å². The summed E-state index contributed by atoms with van der Waals surface area (Å²) in [5.74, 6) is 0. The van der Waals surface area contributed by atoms with E-state index in [2.05, 4.69) is 17.1 Å². The van der Waals surface area contributed by atoms with Crippen molar-refractivity contribution in [1.29, 1.82) is 0 Å². The van der Waals surface area contributed by atoms with Crippen LogP contribution in [0.5, 0.6) is 0 Å². The number of hydrogen-bond acceptors (Lipinski definition) is 3. The van der Waals surface area contributed by atoms with Gasteiger partial charge < -0.3 is 15.0 Å². The molecule has 1 aliphatic heterocycles. The molecule has 0 radical (unpaired) electrons. The van der Waals surface area contributed by atoms with Crippen LogP contribution in [0.15, 0.2) is 0 Å². The average Bonchev–Trinajstić information content (AvgIpc) is 2.37. The number of ether oxygens (including phenoxy) is 1. The number of nitrogens with one attached hydrogen (secondary N) is 1. The molecule has 0 aromatic carbocycles. The van der Waals surface area contributed by atoms with Crippen molar-refractivity contribution in [1.82, 2.24) is 10.2 Å². The van der Waals surface area contributed by atoms with Crippen molar-refractivity contribution in [2.75, 3.05) is 39.9 Å².